The zero-order valence-corrected chi connectivity index (χ0v) is 16.2. The van der Waals surface area contributed by atoms with Gasteiger partial charge in [-0.1, -0.05) is 12.1 Å². The fourth-order valence-corrected chi connectivity index (χ4v) is 6.25. The van der Waals surface area contributed by atoms with Crippen LogP contribution in [-0.2, 0) is 4.79 Å². The number of hydrogen-bond acceptors (Lipinski definition) is 5. The monoisotopic (exact) mass is 378 g/mol. The molecule has 2 aromatic rings. The number of hydrazone groups is 1. The SMILES string of the molecule is CC(=NNC(=O)CC12CC3CC(CC(C3)C1)C2)c1cccc(-n2cnnn2)c1. The first-order chi connectivity index (χ1) is 13.6. The van der Waals surface area contributed by atoms with Crippen LogP contribution in [0.3, 0.4) is 0 Å². The number of rotatable bonds is 5. The Labute approximate surface area is 164 Å². The first kappa shape index (κ1) is 17.5. The van der Waals surface area contributed by atoms with Crippen molar-refractivity contribution in [2.45, 2.75) is 51.9 Å². The van der Waals surface area contributed by atoms with Gasteiger partial charge >= 0.3 is 0 Å². The van der Waals surface area contributed by atoms with Crippen molar-refractivity contribution < 1.29 is 4.79 Å². The van der Waals surface area contributed by atoms with E-state index in [1.54, 1.807) is 11.0 Å². The zero-order valence-electron chi connectivity index (χ0n) is 16.2. The maximum absolute atomic E-state index is 12.7. The van der Waals surface area contributed by atoms with Gasteiger partial charge in [-0.05, 0) is 96.7 Å². The van der Waals surface area contributed by atoms with Crippen LogP contribution < -0.4 is 5.43 Å². The number of carbonyl (C=O) groups is 1. The summed E-state index contributed by atoms with van der Waals surface area (Å²) in [7, 11) is 0. The molecular formula is C21H26N6O. The van der Waals surface area contributed by atoms with Crippen molar-refractivity contribution in [2.24, 2.45) is 28.3 Å². The largest absolute Gasteiger partial charge is 0.273 e. The van der Waals surface area contributed by atoms with Crippen LogP contribution in [0.25, 0.3) is 5.69 Å². The van der Waals surface area contributed by atoms with Gasteiger partial charge in [-0.25, -0.2) is 10.1 Å². The number of hydrogen-bond donors (Lipinski definition) is 1. The number of carbonyl (C=O) groups excluding carboxylic acids is 1. The molecule has 1 aromatic carbocycles. The standard InChI is InChI=1S/C21H26N6O/c1-14(18-3-2-4-19(8-18)27-13-22-25-26-27)23-24-20(28)12-21-9-15-5-16(10-21)7-17(6-15)11-21/h2-4,8,13,15-17H,5-7,9-12H2,1H3,(H,24,28). The van der Waals surface area contributed by atoms with Crippen LogP contribution in [0.15, 0.2) is 35.7 Å². The minimum Gasteiger partial charge on any atom is -0.273 e. The summed E-state index contributed by atoms with van der Waals surface area (Å²) in [5, 5.41) is 15.6. The molecule has 4 fully saturated rings. The van der Waals surface area contributed by atoms with E-state index in [-0.39, 0.29) is 11.3 Å². The van der Waals surface area contributed by atoms with Crippen LogP contribution in [0, 0.1) is 23.2 Å². The molecule has 146 valence electrons. The van der Waals surface area contributed by atoms with Gasteiger partial charge in [0.1, 0.15) is 6.33 Å². The smallest absolute Gasteiger partial charge is 0.240 e. The lowest BCUT2D eigenvalue weighted by Gasteiger charge is -2.56. The predicted molar refractivity (Wildman–Crippen MR) is 105 cm³/mol. The lowest BCUT2D eigenvalue weighted by molar-refractivity contribution is -0.129. The molecular weight excluding hydrogens is 352 g/mol. The Morgan fingerprint density at radius 2 is 1.93 bits per heavy atom. The van der Waals surface area contributed by atoms with E-state index in [1.165, 1.54) is 38.5 Å². The van der Waals surface area contributed by atoms with E-state index in [4.69, 9.17) is 0 Å². The van der Waals surface area contributed by atoms with Crippen molar-refractivity contribution in [3.63, 3.8) is 0 Å². The molecule has 6 rings (SSSR count). The van der Waals surface area contributed by atoms with E-state index in [9.17, 15) is 4.79 Å². The second-order valence-electron chi connectivity index (χ2n) is 9.13. The molecule has 0 aliphatic heterocycles. The molecule has 1 aromatic heterocycles. The number of amides is 1. The second-order valence-corrected chi connectivity index (χ2v) is 9.13. The molecule has 7 nitrogen and oxygen atoms in total. The third-order valence-electron chi connectivity index (χ3n) is 6.93. The summed E-state index contributed by atoms with van der Waals surface area (Å²) in [6, 6.07) is 7.79. The van der Waals surface area contributed by atoms with E-state index in [0.29, 0.717) is 6.42 Å². The molecule has 0 unspecified atom stereocenters. The number of benzene rings is 1. The van der Waals surface area contributed by atoms with Crippen LogP contribution >= 0.6 is 0 Å². The molecule has 28 heavy (non-hydrogen) atoms. The van der Waals surface area contributed by atoms with Gasteiger partial charge in [-0.3, -0.25) is 4.79 Å². The molecule has 4 aliphatic rings. The normalized spacial score (nSPS) is 31.2. The minimum atomic E-state index is 0.0536. The Hall–Kier alpha value is -2.57. The van der Waals surface area contributed by atoms with Gasteiger partial charge in [-0.15, -0.1) is 5.10 Å². The fourth-order valence-electron chi connectivity index (χ4n) is 6.25. The molecule has 0 spiro atoms. The molecule has 0 saturated heterocycles. The summed E-state index contributed by atoms with van der Waals surface area (Å²) in [4.78, 5) is 12.7. The number of tetrazole rings is 1. The van der Waals surface area contributed by atoms with E-state index in [0.717, 1.165) is 34.7 Å². The summed E-state index contributed by atoms with van der Waals surface area (Å²) in [6.07, 6.45) is 10.1. The molecule has 0 atom stereocenters. The fraction of sp³-hybridized carbons (Fsp3) is 0.571. The second kappa shape index (κ2) is 6.79. The summed E-state index contributed by atoms with van der Waals surface area (Å²) >= 11 is 0. The van der Waals surface area contributed by atoms with Crippen LogP contribution in [0.4, 0.5) is 0 Å². The van der Waals surface area contributed by atoms with Gasteiger partial charge in [-0.2, -0.15) is 5.10 Å². The first-order valence-corrected chi connectivity index (χ1v) is 10.3. The molecule has 1 heterocycles. The molecule has 0 radical (unpaired) electrons. The third kappa shape index (κ3) is 3.34. The number of nitrogens with zero attached hydrogens (tertiary/aromatic N) is 5. The van der Waals surface area contributed by atoms with Gasteiger partial charge in [0.05, 0.1) is 11.4 Å². The molecule has 1 N–H and O–H groups in total. The Kier molecular flexibility index (Phi) is 4.25. The van der Waals surface area contributed by atoms with E-state index in [2.05, 4.69) is 26.1 Å². The maximum Gasteiger partial charge on any atom is 0.240 e. The van der Waals surface area contributed by atoms with Crippen LogP contribution in [0.2, 0.25) is 0 Å². The molecule has 4 aliphatic carbocycles. The summed E-state index contributed by atoms with van der Waals surface area (Å²) in [5.74, 6) is 2.63. The maximum atomic E-state index is 12.7. The Morgan fingerprint density at radius 3 is 2.57 bits per heavy atom. The van der Waals surface area contributed by atoms with Gasteiger partial charge in [0.25, 0.3) is 0 Å². The summed E-state index contributed by atoms with van der Waals surface area (Å²) < 4.78 is 1.60. The molecule has 4 bridgehead atoms. The molecule has 4 saturated carbocycles. The first-order valence-electron chi connectivity index (χ1n) is 10.3. The number of aromatic nitrogens is 4. The summed E-state index contributed by atoms with van der Waals surface area (Å²) in [5.41, 5.74) is 5.61. The topological polar surface area (TPSA) is 85.1 Å². The van der Waals surface area contributed by atoms with E-state index < -0.39 is 0 Å². The Morgan fingerprint density at radius 1 is 1.21 bits per heavy atom. The highest BCUT2D eigenvalue weighted by molar-refractivity contribution is 5.99. The van der Waals surface area contributed by atoms with E-state index in [1.807, 2.05) is 31.2 Å². The Bertz CT molecular complexity index is 868. The third-order valence-corrected chi connectivity index (χ3v) is 6.93. The van der Waals surface area contributed by atoms with Gasteiger partial charge < -0.3 is 0 Å². The lowest BCUT2D eigenvalue weighted by Crippen LogP contribution is -2.47. The van der Waals surface area contributed by atoms with Gasteiger partial charge in [0, 0.05) is 6.42 Å². The zero-order chi connectivity index (χ0) is 19.1. The van der Waals surface area contributed by atoms with Crippen LogP contribution in [0.5, 0.6) is 0 Å². The van der Waals surface area contributed by atoms with Crippen molar-refractivity contribution in [2.75, 3.05) is 0 Å². The average molecular weight is 378 g/mol. The molecule has 1 amide bonds. The average Bonchev–Trinajstić information content (AvgIpc) is 3.19. The van der Waals surface area contributed by atoms with E-state index >= 15 is 0 Å². The Balaban J connectivity index is 1.25. The van der Waals surface area contributed by atoms with Crippen molar-refractivity contribution in [1.29, 1.82) is 0 Å². The quantitative estimate of drug-likeness (QED) is 0.640. The lowest BCUT2D eigenvalue weighted by atomic mass is 9.49. The van der Waals surface area contributed by atoms with Gasteiger partial charge in [0.15, 0.2) is 0 Å². The van der Waals surface area contributed by atoms with Crippen LogP contribution in [0.1, 0.15) is 57.4 Å². The highest BCUT2D eigenvalue weighted by Gasteiger charge is 2.51. The van der Waals surface area contributed by atoms with Crippen molar-refractivity contribution in [3.8, 4) is 5.69 Å². The van der Waals surface area contributed by atoms with Crippen LogP contribution in [-0.4, -0.2) is 31.8 Å². The van der Waals surface area contributed by atoms with Crippen molar-refractivity contribution in [1.82, 2.24) is 25.6 Å². The number of nitrogens with one attached hydrogen (secondary N) is 1. The minimum absolute atomic E-state index is 0.0536. The van der Waals surface area contributed by atoms with Crippen molar-refractivity contribution in [3.05, 3.63) is 36.2 Å². The predicted octanol–water partition coefficient (Wildman–Crippen LogP) is 3.11. The van der Waals surface area contributed by atoms with Crippen molar-refractivity contribution >= 4 is 11.6 Å². The summed E-state index contributed by atoms with van der Waals surface area (Å²) in [6.45, 7) is 1.91. The highest BCUT2D eigenvalue weighted by Crippen LogP contribution is 2.61. The van der Waals surface area contributed by atoms with Gasteiger partial charge in [0.2, 0.25) is 5.91 Å². The highest BCUT2D eigenvalue weighted by atomic mass is 16.2. The molecule has 7 heteroatoms.